The van der Waals surface area contributed by atoms with Crippen LogP contribution in [0.1, 0.15) is 47.8 Å². The van der Waals surface area contributed by atoms with E-state index in [1.54, 1.807) is 4.90 Å². The van der Waals surface area contributed by atoms with Crippen LogP contribution >= 0.6 is 0 Å². The Kier molecular flexibility index (Phi) is 4.86. The van der Waals surface area contributed by atoms with Gasteiger partial charge in [-0.1, -0.05) is 18.2 Å². The van der Waals surface area contributed by atoms with Crippen LogP contribution in [-0.2, 0) is 11.8 Å². The summed E-state index contributed by atoms with van der Waals surface area (Å²) in [5.41, 5.74) is 0.300. The second-order valence-corrected chi connectivity index (χ2v) is 7.80. The summed E-state index contributed by atoms with van der Waals surface area (Å²) in [5, 5.41) is 7.10. The first-order chi connectivity index (χ1) is 13.9. The highest BCUT2D eigenvalue weighted by atomic mass is 16.5. The maximum atomic E-state index is 12.8. The highest BCUT2D eigenvalue weighted by molar-refractivity contribution is 5.92. The molecule has 1 fully saturated rings. The first-order valence-corrected chi connectivity index (χ1v) is 9.74. The van der Waals surface area contributed by atoms with Gasteiger partial charge in [0.05, 0.1) is 6.04 Å². The Balaban J connectivity index is 1.63. The first-order valence-electron chi connectivity index (χ1n) is 9.74. The number of benzene rings is 1. The molecule has 2 aliphatic heterocycles. The van der Waals surface area contributed by atoms with Gasteiger partial charge in [-0.3, -0.25) is 14.4 Å². The number of nitrogens with zero attached hydrogens (tertiary/aromatic N) is 3. The van der Waals surface area contributed by atoms with Crippen molar-refractivity contribution in [3.63, 3.8) is 0 Å². The van der Waals surface area contributed by atoms with Gasteiger partial charge in [0.15, 0.2) is 0 Å². The van der Waals surface area contributed by atoms with Crippen LogP contribution in [0.5, 0.6) is 5.75 Å². The lowest BCUT2D eigenvalue weighted by Gasteiger charge is -2.42. The van der Waals surface area contributed by atoms with Gasteiger partial charge < -0.3 is 15.0 Å². The molecule has 152 valence electrons. The molecule has 1 saturated heterocycles. The summed E-state index contributed by atoms with van der Waals surface area (Å²) in [6.07, 6.45) is 2.30. The molecule has 1 spiro atoms. The van der Waals surface area contributed by atoms with Crippen LogP contribution in [0.3, 0.4) is 0 Å². The fraction of sp³-hybridized carbons (Fsp3) is 0.429. The third-order valence-electron chi connectivity index (χ3n) is 5.82. The van der Waals surface area contributed by atoms with E-state index in [4.69, 9.17) is 4.74 Å². The molecule has 4 rings (SSSR count). The van der Waals surface area contributed by atoms with Gasteiger partial charge in [-0.2, -0.15) is 5.10 Å². The van der Waals surface area contributed by atoms with Crippen LogP contribution in [-0.4, -0.2) is 45.7 Å². The van der Waals surface area contributed by atoms with Crippen molar-refractivity contribution in [2.45, 2.75) is 37.3 Å². The Hall–Kier alpha value is -3.16. The number of aryl methyl sites for hydroxylation is 1. The third kappa shape index (κ3) is 3.74. The Bertz CT molecular complexity index is 1020. The second-order valence-electron chi connectivity index (χ2n) is 7.80. The summed E-state index contributed by atoms with van der Waals surface area (Å²) in [6.45, 7) is 0.615. The van der Waals surface area contributed by atoms with E-state index in [9.17, 15) is 14.4 Å². The molecule has 0 aliphatic carbocycles. The number of aromatic nitrogens is 2. The van der Waals surface area contributed by atoms with Gasteiger partial charge in [-0.25, -0.2) is 4.68 Å². The molecular weight excluding hydrogens is 372 g/mol. The van der Waals surface area contributed by atoms with Crippen molar-refractivity contribution in [2.75, 3.05) is 13.6 Å². The minimum atomic E-state index is -0.510. The van der Waals surface area contributed by atoms with Gasteiger partial charge in [0.25, 0.3) is 11.5 Å². The topological polar surface area (TPSA) is 93.5 Å². The molecule has 2 amide bonds. The molecule has 29 heavy (non-hydrogen) atoms. The molecule has 0 bridgehead atoms. The third-order valence-corrected chi connectivity index (χ3v) is 5.82. The minimum Gasteiger partial charge on any atom is -0.487 e. The number of hydrogen-bond donors (Lipinski definition) is 1. The van der Waals surface area contributed by atoms with Gasteiger partial charge in [-0.05, 0) is 18.6 Å². The average Bonchev–Trinajstić information content (AvgIpc) is 2.84. The van der Waals surface area contributed by atoms with Gasteiger partial charge in [-0.15, -0.1) is 0 Å². The summed E-state index contributed by atoms with van der Waals surface area (Å²) in [6, 6.07) is 10.1. The Morgan fingerprint density at radius 2 is 1.97 bits per heavy atom. The molecule has 8 heteroatoms. The number of likely N-dealkylation sites (tertiary alicyclic amines) is 1. The van der Waals surface area contributed by atoms with E-state index < -0.39 is 5.60 Å². The standard InChI is InChI=1S/C21H24N4O4/c1-24-12-11-21(10-9-18(24)26)13-16(14-5-3-4-6-17(14)29-21)22-20(28)15-7-8-19(27)25(2)23-15/h3-8,16H,9-13H2,1-2H3,(H,22,28)/t16-,21-/m0/s1. The highest BCUT2D eigenvalue weighted by Crippen LogP contribution is 2.44. The maximum Gasteiger partial charge on any atom is 0.272 e. The smallest absolute Gasteiger partial charge is 0.272 e. The molecule has 8 nitrogen and oxygen atoms in total. The normalized spacial score (nSPS) is 23.9. The molecule has 0 saturated carbocycles. The molecule has 2 aliphatic rings. The van der Waals surface area contributed by atoms with Crippen molar-refractivity contribution in [3.8, 4) is 5.75 Å². The summed E-state index contributed by atoms with van der Waals surface area (Å²) in [7, 11) is 3.32. The highest BCUT2D eigenvalue weighted by Gasteiger charge is 2.43. The van der Waals surface area contributed by atoms with E-state index in [1.165, 1.54) is 19.2 Å². The molecule has 1 aromatic heterocycles. The molecule has 0 radical (unpaired) electrons. The van der Waals surface area contributed by atoms with Crippen LogP contribution in [0.2, 0.25) is 0 Å². The molecule has 1 aromatic carbocycles. The van der Waals surface area contributed by atoms with Crippen LogP contribution in [0, 0.1) is 0 Å². The van der Waals surface area contributed by atoms with Crippen LogP contribution in [0.25, 0.3) is 0 Å². The average molecular weight is 396 g/mol. The van der Waals surface area contributed by atoms with E-state index in [0.29, 0.717) is 32.2 Å². The molecule has 2 aromatic rings. The monoisotopic (exact) mass is 396 g/mol. The summed E-state index contributed by atoms with van der Waals surface area (Å²) < 4.78 is 7.54. The number of fused-ring (bicyclic) bond motifs is 1. The van der Waals surface area contributed by atoms with Gasteiger partial charge in [0.2, 0.25) is 5.91 Å². The van der Waals surface area contributed by atoms with Crippen molar-refractivity contribution < 1.29 is 14.3 Å². The van der Waals surface area contributed by atoms with Gasteiger partial charge in [0, 0.05) is 51.5 Å². The predicted octanol–water partition coefficient (Wildman–Crippen LogP) is 1.42. The SMILES string of the molecule is CN1CC[C@@]2(CCC1=O)C[C@H](NC(=O)c1ccc(=O)n(C)n1)c1ccccc1O2. The zero-order chi connectivity index (χ0) is 20.6. The zero-order valence-corrected chi connectivity index (χ0v) is 16.6. The largest absolute Gasteiger partial charge is 0.487 e. The molecule has 0 unspecified atom stereocenters. The number of hydrogen-bond acceptors (Lipinski definition) is 5. The van der Waals surface area contributed by atoms with Gasteiger partial charge >= 0.3 is 0 Å². The summed E-state index contributed by atoms with van der Waals surface area (Å²) >= 11 is 0. The van der Waals surface area contributed by atoms with Crippen LogP contribution in [0.4, 0.5) is 0 Å². The lowest BCUT2D eigenvalue weighted by atomic mass is 9.82. The minimum absolute atomic E-state index is 0.110. The van der Waals surface area contributed by atoms with Crippen molar-refractivity contribution in [1.82, 2.24) is 20.0 Å². The summed E-state index contributed by atoms with van der Waals surface area (Å²) in [5.74, 6) is 0.494. The van der Waals surface area contributed by atoms with E-state index in [0.717, 1.165) is 16.0 Å². The lowest BCUT2D eigenvalue weighted by molar-refractivity contribution is -0.129. The Morgan fingerprint density at radius 3 is 2.76 bits per heavy atom. The maximum absolute atomic E-state index is 12.8. The second kappa shape index (κ2) is 7.35. The number of para-hydroxylation sites is 1. The Morgan fingerprint density at radius 1 is 1.17 bits per heavy atom. The fourth-order valence-corrected chi connectivity index (χ4v) is 4.06. The molecule has 2 atom stereocenters. The van der Waals surface area contributed by atoms with Crippen molar-refractivity contribution in [3.05, 3.63) is 58.0 Å². The molecule has 1 N–H and O–H groups in total. The molecular formula is C21H24N4O4. The van der Waals surface area contributed by atoms with Crippen molar-refractivity contribution in [1.29, 1.82) is 0 Å². The zero-order valence-electron chi connectivity index (χ0n) is 16.6. The quantitative estimate of drug-likeness (QED) is 0.829. The lowest BCUT2D eigenvalue weighted by Crippen LogP contribution is -2.46. The van der Waals surface area contributed by atoms with E-state index >= 15 is 0 Å². The molecule has 3 heterocycles. The van der Waals surface area contributed by atoms with Crippen LogP contribution in [0.15, 0.2) is 41.2 Å². The summed E-state index contributed by atoms with van der Waals surface area (Å²) in [4.78, 5) is 38.3. The Labute approximate surface area is 168 Å². The van der Waals surface area contributed by atoms with Crippen molar-refractivity contribution in [2.24, 2.45) is 7.05 Å². The van der Waals surface area contributed by atoms with Gasteiger partial charge in [0.1, 0.15) is 17.0 Å². The van der Waals surface area contributed by atoms with E-state index in [1.807, 2.05) is 31.3 Å². The number of rotatable bonds is 2. The first kappa shape index (κ1) is 19.2. The van der Waals surface area contributed by atoms with E-state index in [2.05, 4.69) is 10.4 Å². The van der Waals surface area contributed by atoms with Crippen molar-refractivity contribution >= 4 is 11.8 Å². The predicted molar refractivity (Wildman–Crippen MR) is 106 cm³/mol. The number of amides is 2. The van der Waals surface area contributed by atoms with E-state index in [-0.39, 0.29) is 29.1 Å². The number of ether oxygens (including phenoxy) is 1. The fourth-order valence-electron chi connectivity index (χ4n) is 4.06. The van der Waals surface area contributed by atoms with Crippen LogP contribution < -0.4 is 15.6 Å². The number of carbonyl (C=O) groups is 2. The number of nitrogens with one attached hydrogen (secondary N) is 1. The number of carbonyl (C=O) groups excluding carboxylic acids is 2.